The highest BCUT2D eigenvalue weighted by atomic mass is 16.3. The number of furan rings is 2. The van der Waals surface area contributed by atoms with E-state index in [1.54, 1.807) is 0 Å². The van der Waals surface area contributed by atoms with Crippen LogP contribution in [0, 0.1) is 0 Å². The molecule has 4 aromatic heterocycles. The predicted octanol–water partition coefficient (Wildman–Crippen LogP) is 12.9. The maximum Gasteiger partial charge on any atom is 0.167 e. The van der Waals surface area contributed by atoms with E-state index in [0.717, 1.165) is 77.3 Å². The van der Waals surface area contributed by atoms with Gasteiger partial charge in [0.25, 0.3) is 0 Å². The standard InChI is InChI=1S/C49H28N4O2/c1-2-13-29(14-3-1)47-50-48(52-49(51-47)37-21-12-20-34-33-18-7-10-23-42(33)54-45(34)37)36-25-26-40(46-44(36)35-19-8-11-24-43(35)55-46)53-39-22-9-6-17-32(39)38-27-30-15-4-5-16-31(30)28-41(38)53/h1-28H. The molecule has 0 atom stereocenters. The number of rotatable bonds is 4. The SMILES string of the molecule is c1ccc(-c2nc(-c3cccc4c3oc3ccccc34)nc(-c3ccc(-n4c5ccccc5c5cc6ccccc6cc54)c4oc5ccccc5c34)n2)cc1. The molecule has 0 fully saturated rings. The zero-order valence-corrected chi connectivity index (χ0v) is 29.3. The molecule has 0 bridgehead atoms. The van der Waals surface area contributed by atoms with E-state index in [2.05, 4.69) is 102 Å². The van der Waals surface area contributed by atoms with Gasteiger partial charge in [-0.25, -0.2) is 15.0 Å². The Labute approximate surface area is 313 Å². The number of fused-ring (bicyclic) bond motifs is 10. The number of benzene rings is 8. The molecule has 8 aromatic carbocycles. The quantitative estimate of drug-likeness (QED) is 0.182. The molecule has 0 saturated carbocycles. The van der Waals surface area contributed by atoms with Crippen molar-refractivity contribution in [3.8, 4) is 39.9 Å². The molecule has 0 saturated heterocycles. The van der Waals surface area contributed by atoms with Crippen LogP contribution in [0.1, 0.15) is 0 Å². The molecular formula is C49H28N4O2. The van der Waals surface area contributed by atoms with Crippen LogP contribution in [0.3, 0.4) is 0 Å². The van der Waals surface area contributed by atoms with Crippen LogP contribution in [0.25, 0.3) is 116 Å². The molecular weight excluding hydrogens is 677 g/mol. The molecule has 0 unspecified atom stereocenters. The fourth-order valence-electron chi connectivity index (χ4n) is 8.35. The molecule has 55 heavy (non-hydrogen) atoms. The van der Waals surface area contributed by atoms with Gasteiger partial charge < -0.3 is 13.4 Å². The second kappa shape index (κ2) is 11.5. The molecule has 256 valence electrons. The summed E-state index contributed by atoms with van der Waals surface area (Å²) in [5, 5.41) is 8.77. The van der Waals surface area contributed by atoms with Gasteiger partial charge in [-0.2, -0.15) is 0 Å². The minimum atomic E-state index is 0.535. The van der Waals surface area contributed by atoms with Crippen LogP contribution in [-0.2, 0) is 0 Å². The van der Waals surface area contributed by atoms with E-state index in [1.807, 2.05) is 72.8 Å². The summed E-state index contributed by atoms with van der Waals surface area (Å²) < 4.78 is 15.7. The zero-order valence-electron chi connectivity index (χ0n) is 29.3. The van der Waals surface area contributed by atoms with E-state index in [-0.39, 0.29) is 0 Å². The van der Waals surface area contributed by atoms with E-state index in [1.165, 1.54) is 21.5 Å². The van der Waals surface area contributed by atoms with E-state index < -0.39 is 0 Å². The third kappa shape index (κ3) is 4.46. The summed E-state index contributed by atoms with van der Waals surface area (Å²) >= 11 is 0. The van der Waals surface area contributed by atoms with Crippen LogP contribution in [0.2, 0.25) is 0 Å². The van der Waals surface area contributed by atoms with E-state index in [4.69, 9.17) is 23.8 Å². The summed E-state index contributed by atoms with van der Waals surface area (Å²) in [6.45, 7) is 0. The minimum Gasteiger partial charge on any atom is -0.455 e. The third-order valence-corrected chi connectivity index (χ3v) is 10.8. The Balaban J connectivity index is 1.16. The summed E-state index contributed by atoms with van der Waals surface area (Å²) in [6, 6.07) is 58.5. The fraction of sp³-hybridized carbons (Fsp3) is 0. The van der Waals surface area contributed by atoms with E-state index in [9.17, 15) is 0 Å². The Bertz CT molecular complexity index is 3500. The van der Waals surface area contributed by atoms with Gasteiger partial charge in [0.05, 0.1) is 22.3 Å². The number of aromatic nitrogens is 4. The summed E-state index contributed by atoms with van der Waals surface area (Å²) in [7, 11) is 0. The molecule has 0 N–H and O–H groups in total. The lowest BCUT2D eigenvalue weighted by molar-refractivity contribution is 0.666. The van der Waals surface area contributed by atoms with Gasteiger partial charge in [0.15, 0.2) is 23.1 Å². The number of nitrogens with zero attached hydrogens (tertiary/aromatic N) is 4. The van der Waals surface area contributed by atoms with Gasteiger partial charge in [-0.05, 0) is 59.3 Å². The largest absolute Gasteiger partial charge is 0.455 e. The number of para-hydroxylation sites is 4. The fourth-order valence-corrected chi connectivity index (χ4v) is 8.35. The van der Waals surface area contributed by atoms with E-state index >= 15 is 0 Å². The van der Waals surface area contributed by atoms with Crippen LogP contribution >= 0.6 is 0 Å². The molecule has 6 nitrogen and oxygen atoms in total. The highest BCUT2D eigenvalue weighted by molar-refractivity contribution is 6.18. The number of hydrogen-bond donors (Lipinski definition) is 0. The average molecular weight is 705 g/mol. The van der Waals surface area contributed by atoms with Crippen LogP contribution in [0.15, 0.2) is 179 Å². The highest BCUT2D eigenvalue weighted by Crippen LogP contribution is 2.43. The summed E-state index contributed by atoms with van der Waals surface area (Å²) in [4.78, 5) is 15.5. The molecule has 0 aliphatic heterocycles. The summed E-state index contributed by atoms with van der Waals surface area (Å²) in [5.41, 5.74) is 8.84. The first kappa shape index (κ1) is 29.9. The van der Waals surface area contributed by atoms with Gasteiger partial charge in [0.2, 0.25) is 0 Å². The zero-order chi connectivity index (χ0) is 36.0. The van der Waals surface area contributed by atoms with Crippen LogP contribution < -0.4 is 0 Å². The first-order chi connectivity index (χ1) is 27.3. The van der Waals surface area contributed by atoms with Gasteiger partial charge in [0.1, 0.15) is 16.7 Å². The Morgan fingerprint density at radius 2 is 1.00 bits per heavy atom. The molecule has 12 aromatic rings. The molecule has 12 rings (SSSR count). The van der Waals surface area contributed by atoms with E-state index in [0.29, 0.717) is 17.5 Å². The van der Waals surface area contributed by atoms with Crippen LogP contribution in [-0.4, -0.2) is 19.5 Å². The Kier molecular flexibility index (Phi) is 6.24. The molecule has 0 spiro atoms. The topological polar surface area (TPSA) is 69.9 Å². The Morgan fingerprint density at radius 1 is 0.382 bits per heavy atom. The Hall–Kier alpha value is -7.57. The van der Waals surface area contributed by atoms with Gasteiger partial charge >= 0.3 is 0 Å². The second-order valence-electron chi connectivity index (χ2n) is 14.0. The van der Waals surface area contributed by atoms with Crippen molar-refractivity contribution >= 4 is 76.5 Å². The van der Waals surface area contributed by atoms with Crippen molar-refractivity contribution < 1.29 is 8.83 Å². The molecule has 0 amide bonds. The monoisotopic (exact) mass is 704 g/mol. The summed E-state index contributed by atoms with van der Waals surface area (Å²) in [5.74, 6) is 1.66. The first-order valence-corrected chi connectivity index (χ1v) is 18.4. The normalized spacial score (nSPS) is 12.0. The smallest absolute Gasteiger partial charge is 0.167 e. The van der Waals surface area contributed by atoms with Crippen molar-refractivity contribution in [3.05, 3.63) is 170 Å². The van der Waals surface area contributed by atoms with Crippen molar-refractivity contribution in [1.29, 1.82) is 0 Å². The average Bonchev–Trinajstić information content (AvgIpc) is 3.93. The van der Waals surface area contributed by atoms with Crippen molar-refractivity contribution in [2.75, 3.05) is 0 Å². The van der Waals surface area contributed by atoms with Gasteiger partial charge in [-0.3, -0.25) is 0 Å². The second-order valence-corrected chi connectivity index (χ2v) is 14.0. The lowest BCUT2D eigenvalue weighted by atomic mass is 10.0. The number of hydrogen-bond acceptors (Lipinski definition) is 5. The molecule has 0 aliphatic rings. The van der Waals surface area contributed by atoms with Crippen molar-refractivity contribution in [1.82, 2.24) is 19.5 Å². The summed E-state index contributed by atoms with van der Waals surface area (Å²) in [6.07, 6.45) is 0. The maximum atomic E-state index is 6.87. The van der Waals surface area contributed by atoms with Gasteiger partial charge in [0, 0.05) is 43.4 Å². The van der Waals surface area contributed by atoms with Gasteiger partial charge in [-0.15, -0.1) is 0 Å². The molecule has 6 heteroatoms. The minimum absolute atomic E-state index is 0.535. The molecule has 0 aliphatic carbocycles. The van der Waals surface area contributed by atoms with Crippen LogP contribution in [0.4, 0.5) is 0 Å². The lowest BCUT2D eigenvalue weighted by Gasteiger charge is -2.13. The Morgan fingerprint density at radius 3 is 1.84 bits per heavy atom. The van der Waals surface area contributed by atoms with Crippen LogP contribution in [0.5, 0.6) is 0 Å². The third-order valence-electron chi connectivity index (χ3n) is 10.8. The van der Waals surface area contributed by atoms with Crippen molar-refractivity contribution in [3.63, 3.8) is 0 Å². The van der Waals surface area contributed by atoms with Crippen molar-refractivity contribution in [2.45, 2.75) is 0 Å². The highest BCUT2D eigenvalue weighted by Gasteiger charge is 2.24. The first-order valence-electron chi connectivity index (χ1n) is 18.4. The predicted molar refractivity (Wildman–Crippen MR) is 223 cm³/mol. The maximum absolute atomic E-state index is 6.87. The lowest BCUT2D eigenvalue weighted by Crippen LogP contribution is -2.01. The molecule has 4 heterocycles. The van der Waals surface area contributed by atoms with Gasteiger partial charge in [-0.1, -0.05) is 121 Å². The molecule has 0 radical (unpaired) electrons. The van der Waals surface area contributed by atoms with Crippen molar-refractivity contribution in [2.24, 2.45) is 0 Å².